The number of carbonyl (C=O) groups excluding carboxylic acids is 2. The molecule has 96 valence electrons. The zero-order chi connectivity index (χ0) is 12.6. The Balaban J connectivity index is 2.21. The monoisotopic (exact) mass is 238 g/mol. The van der Waals surface area contributed by atoms with Crippen molar-refractivity contribution in [2.45, 2.75) is 52.0 Å². The lowest BCUT2D eigenvalue weighted by Crippen LogP contribution is -2.54. The zero-order valence-electron chi connectivity index (χ0n) is 11.0. The van der Waals surface area contributed by atoms with E-state index in [1.807, 2.05) is 13.8 Å². The van der Waals surface area contributed by atoms with Gasteiger partial charge >= 0.3 is 6.03 Å². The van der Waals surface area contributed by atoms with Crippen molar-refractivity contribution in [3.05, 3.63) is 0 Å². The van der Waals surface area contributed by atoms with E-state index in [-0.39, 0.29) is 17.9 Å². The molecule has 0 radical (unpaired) electrons. The predicted octanol–water partition coefficient (Wildman–Crippen LogP) is 2.14. The molecule has 0 bridgehead atoms. The molecular formula is C13H22N2O2. The molecule has 3 amide bonds. The average molecular weight is 238 g/mol. The molecule has 17 heavy (non-hydrogen) atoms. The zero-order valence-corrected chi connectivity index (χ0v) is 11.0. The van der Waals surface area contributed by atoms with Crippen molar-refractivity contribution in [3.8, 4) is 0 Å². The molecule has 0 unspecified atom stereocenters. The molecule has 2 fully saturated rings. The van der Waals surface area contributed by atoms with Crippen LogP contribution in [0.1, 0.15) is 46.5 Å². The fourth-order valence-electron chi connectivity index (χ4n) is 3.03. The van der Waals surface area contributed by atoms with Crippen molar-refractivity contribution in [1.29, 1.82) is 0 Å². The molecule has 1 spiro atoms. The van der Waals surface area contributed by atoms with Crippen LogP contribution in [0.2, 0.25) is 0 Å². The molecule has 0 aromatic heterocycles. The molecule has 1 N–H and O–H groups in total. The number of imide groups is 1. The molecule has 1 heterocycles. The van der Waals surface area contributed by atoms with Crippen LogP contribution in [0.25, 0.3) is 0 Å². The summed E-state index contributed by atoms with van der Waals surface area (Å²) in [6.45, 7) is 6.65. The number of urea groups is 1. The summed E-state index contributed by atoms with van der Waals surface area (Å²) >= 11 is 0. The van der Waals surface area contributed by atoms with Crippen LogP contribution >= 0.6 is 0 Å². The van der Waals surface area contributed by atoms with E-state index < -0.39 is 5.54 Å². The maximum absolute atomic E-state index is 12.5. The maximum Gasteiger partial charge on any atom is 0.325 e. The van der Waals surface area contributed by atoms with Crippen LogP contribution in [0.5, 0.6) is 0 Å². The van der Waals surface area contributed by atoms with Crippen molar-refractivity contribution in [3.63, 3.8) is 0 Å². The van der Waals surface area contributed by atoms with E-state index in [1.165, 1.54) is 4.90 Å². The van der Waals surface area contributed by atoms with Crippen LogP contribution in [0.15, 0.2) is 0 Å². The second-order valence-electron chi connectivity index (χ2n) is 5.86. The number of carbonyl (C=O) groups is 2. The average Bonchev–Trinajstić information content (AvgIpc) is 2.48. The van der Waals surface area contributed by atoms with E-state index in [0.717, 1.165) is 25.7 Å². The molecule has 2 rings (SSSR count). The van der Waals surface area contributed by atoms with Gasteiger partial charge in [0, 0.05) is 6.54 Å². The fourth-order valence-corrected chi connectivity index (χ4v) is 3.03. The van der Waals surface area contributed by atoms with Crippen LogP contribution < -0.4 is 5.32 Å². The Kier molecular flexibility index (Phi) is 3.15. The van der Waals surface area contributed by atoms with Gasteiger partial charge in [-0.3, -0.25) is 9.69 Å². The third-order valence-electron chi connectivity index (χ3n) is 4.05. The summed E-state index contributed by atoms with van der Waals surface area (Å²) < 4.78 is 0. The first-order valence-corrected chi connectivity index (χ1v) is 6.61. The summed E-state index contributed by atoms with van der Waals surface area (Å²) in [5, 5.41) is 2.96. The van der Waals surface area contributed by atoms with E-state index in [2.05, 4.69) is 12.2 Å². The van der Waals surface area contributed by atoms with Crippen molar-refractivity contribution in [2.24, 2.45) is 11.8 Å². The molecule has 1 saturated heterocycles. The van der Waals surface area contributed by atoms with Crippen LogP contribution in [0.4, 0.5) is 4.79 Å². The summed E-state index contributed by atoms with van der Waals surface area (Å²) in [6.07, 6.45) is 4.02. The van der Waals surface area contributed by atoms with Crippen molar-refractivity contribution in [2.75, 3.05) is 6.54 Å². The second-order valence-corrected chi connectivity index (χ2v) is 5.86. The van der Waals surface area contributed by atoms with Gasteiger partial charge in [0.05, 0.1) is 0 Å². The van der Waals surface area contributed by atoms with Gasteiger partial charge in [0.2, 0.25) is 0 Å². The van der Waals surface area contributed by atoms with E-state index in [0.29, 0.717) is 12.5 Å². The van der Waals surface area contributed by atoms with Gasteiger partial charge in [-0.1, -0.05) is 33.6 Å². The van der Waals surface area contributed by atoms with Gasteiger partial charge in [-0.15, -0.1) is 0 Å². The molecule has 0 aromatic rings. The summed E-state index contributed by atoms with van der Waals surface area (Å²) in [6, 6.07) is -0.197. The first kappa shape index (κ1) is 12.4. The lowest BCUT2D eigenvalue weighted by atomic mass is 9.73. The SMILES string of the molecule is CC(C)CN1C(=O)N[C@]2(CCCC[C@@H]2C)C1=O. The molecule has 2 aliphatic rings. The highest BCUT2D eigenvalue weighted by Gasteiger charge is 2.54. The summed E-state index contributed by atoms with van der Waals surface area (Å²) in [7, 11) is 0. The van der Waals surface area contributed by atoms with Gasteiger partial charge in [-0.05, 0) is 24.7 Å². The molecule has 1 saturated carbocycles. The van der Waals surface area contributed by atoms with Gasteiger partial charge < -0.3 is 5.32 Å². The molecule has 1 aliphatic carbocycles. The minimum atomic E-state index is -0.593. The van der Waals surface area contributed by atoms with E-state index in [1.54, 1.807) is 0 Å². The van der Waals surface area contributed by atoms with Crippen LogP contribution in [0, 0.1) is 11.8 Å². The summed E-state index contributed by atoms with van der Waals surface area (Å²) in [5.74, 6) is 0.576. The first-order valence-electron chi connectivity index (χ1n) is 6.61. The minimum absolute atomic E-state index is 0.00315. The largest absolute Gasteiger partial charge is 0.325 e. The van der Waals surface area contributed by atoms with Crippen LogP contribution in [0.3, 0.4) is 0 Å². The van der Waals surface area contributed by atoms with Gasteiger partial charge in [0.25, 0.3) is 5.91 Å². The highest BCUT2D eigenvalue weighted by atomic mass is 16.2. The van der Waals surface area contributed by atoms with Crippen molar-refractivity contribution < 1.29 is 9.59 Å². The Labute approximate surface area is 103 Å². The Morgan fingerprint density at radius 1 is 1.41 bits per heavy atom. The molecular weight excluding hydrogens is 216 g/mol. The van der Waals surface area contributed by atoms with Gasteiger partial charge in [-0.25, -0.2) is 4.79 Å². The Bertz CT molecular complexity index is 340. The maximum atomic E-state index is 12.5. The molecule has 0 aromatic carbocycles. The number of nitrogens with one attached hydrogen (secondary N) is 1. The van der Waals surface area contributed by atoms with E-state index in [9.17, 15) is 9.59 Å². The number of hydrogen-bond acceptors (Lipinski definition) is 2. The number of hydrogen-bond donors (Lipinski definition) is 1. The predicted molar refractivity (Wildman–Crippen MR) is 65.4 cm³/mol. The normalized spacial score (nSPS) is 33.6. The standard InChI is InChI=1S/C13H22N2O2/c1-9(2)8-15-11(16)13(14-12(15)17)7-5-4-6-10(13)3/h9-10H,4-8H2,1-3H3,(H,14,17)/t10-,13-/m0/s1. The van der Waals surface area contributed by atoms with Crippen LogP contribution in [-0.2, 0) is 4.79 Å². The quantitative estimate of drug-likeness (QED) is 0.749. The number of rotatable bonds is 2. The number of nitrogens with zero attached hydrogens (tertiary/aromatic N) is 1. The summed E-state index contributed by atoms with van der Waals surface area (Å²) in [5.41, 5.74) is -0.593. The minimum Gasteiger partial charge on any atom is -0.323 e. The fraction of sp³-hybridized carbons (Fsp3) is 0.846. The topological polar surface area (TPSA) is 49.4 Å². The van der Waals surface area contributed by atoms with E-state index >= 15 is 0 Å². The molecule has 4 heteroatoms. The molecule has 2 atom stereocenters. The second kappa shape index (κ2) is 4.31. The van der Waals surface area contributed by atoms with Gasteiger partial charge in [0.1, 0.15) is 5.54 Å². The molecule has 1 aliphatic heterocycles. The lowest BCUT2D eigenvalue weighted by Gasteiger charge is -2.36. The third kappa shape index (κ3) is 1.94. The summed E-state index contributed by atoms with van der Waals surface area (Å²) in [4.78, 5) is 25.8. The highest BCUT2D eigenvalue weighted by molar-refractivity contribution is 6.07. The van der Waals surface area contributed by atoms with E-state index in [4.69, 9.17) is 0 Å². The third-order valence-corrected chi connectivity index (χ3v) is 4.05. The highest BCUT2D eigenvalue weighted by Crippen LogP contribution is 2.38. The van der Waals surface area contributed by atoms with Gasteiger partial charge in [-0.2, -0.15) is 0 Å². The smallest absolute Gasteiger partial charge is 0.323 e. The Morgan fingerprint density at radius 2 is 2.12 bits per heavy atom. The Hall–Kier alpha value is -1.06. The van der Waals surface area contributed by atoms with Crippen molar-refractivity contribution >= 4 is 11.9 Å². The van der Waals surface area contributed by atoms with Gasteiger partial charge in [0.15, 0.2) is 0 Å². The Morgan fingerprint density at radius 3 is 2.71 bits per heavy atom. The van der Waals surface area contributed by atoms with Crippen LogP contribution in [-0.4, -0.2) is 28.9 Å². The first-order chi connectivity index (χ1) is 7.97. The molecule has 4 nitrogen and oxygen atoms in total. The number of amides is 3. The lowest BCUT2D eigenvalue weighted by molar-refractivity contribution is -0.134. The van der Waals surface area contributed by atoms with Crippen molar-refractivity contribution in [1.82, 2.24) is 10.2 Å².